The van der Waals surface area contributed by atoms with Gasteiger partial charge < -0.3 is 15.3 Å². The highest BCUT2D eigenvalue weighted by atomic mass is 16.3. The van der Waals surface area contributed by atoms with Crippen LogP contribution >= 0.6 is 0 Å². The van der Waals surface area contributed by atoms with Crippen LogP contribution in [-0.4, -0.2) is 47.1 Å². The van der Waals surface area contributed by atoms with Crippen molar-refractivity contribution < 1.29 is 14.7 Å². The molecule has 0 saturated heterocycles. The Morgan fingerprint density at radius 1 is 1.33 bits per heavy atom. The number of carbonyl (C=O) groups is 2. The molecule has 0 aliphatic rings. The largest absolute Gasteiger partial charge is 0.381 e. The zero-order valence-corrected chi connectivity index (χ0v) is 9.83. The minimum atomic E-state index is -1.43. The lowest BCUT2D eigenvalue weighted by Gasteiger charge is -2.26. The lowest BCUT2D eigenvalue weighted by molar-refractivity contribution is -0.149. The minimum Gasteiger partial charge on any atom is -0.381 e. The summed E-state index contributed by atoms with van der Waals surface area (Å²) in [4.78, 5) is 24.2. The van der Waals surface area contributed by atoms with Gasteiger partial charge >= 0.3 is 0 Å². The number of likely N-dealkylation sites (N-methyl/N-ethyl adjacent to an activating group) is 2. The third-order valence-electron chi connectivity index (χ3n) is 1.90. The van der Waals surface area contributed by atoms with Gasteiger partial charge in [0.15, 0.2) is 0 Å². The number of nitrogens with one attached hydrogen (secondary N) is 1. The molecule has 0 fully saturated rings. The number of hydrogen-bond donors (Lipinski definition) is 2. The predicted molar refractivity (Wildman–Crippen MR) is 57.2 cm³/mol. The van der Waals surface area contributed by atoms with Crippen molar-refractivity contribution in [3.8, 4) is 0 Å². The maximum Gasteiger partial charge on any atom is 0.254 e. The molecular formula is C10H20N2O3. The van der Waals surface area contributed by atoms with Gasteiger partial charge in [0.1, 0.15) is 5.60 Å². The van der Waals surface area contributed by atoms with Gasteiger partial charge in [-0.3, -0.25) is 9.59 Å². The fourth-order valence-corrected chi connectivity index (χ4v) is 1.14. The summed E-state index contributed by atoms with van der Waals surface area (Å²) < 4.78 is 0. The Kier molecular flexibility index (Phi) is 5.28. The van der Waals surface area contributed by atoms with Crippen molar-refractivity contribution in [2.24, 2.45) is 0 Å². The number of amides is 2. The molecule has 0 saturated carbocycles. The Morgan fingerprint density at radius 2 is 1.87 bits per heavy atom. The van der Waals surface area contributed by atoms with E-state index in [4.69, 9.17) is 0 Å². The molecule has 2 amide bonds. The second-order valence-corrected chi connectivity index (χ2v) is 3.83. The van der Waals surface area contributed by atoms with E-state index in [2.05, 4.69) is 5.32 Å². The number of hydrogen-bond acceptors (Lipinski definition) is 3. The van der Waals surface area contributed by atoms with Crippen LogP contribution in [-0.2, 0) is 9.59 Å². The van der Waals surface area contributed by atoms with E-state index in [1.165, 1.54) is 18.7 Å². The molecule has 2 N–H and O–H groups in total. The van der Waals surface area contributed by atoms with Crippen LogP contribution in [0, 0.1) is 0 Å². The molecule has 0 aromatic rings. The van der Waals surface area contributed by atoms with Crippen LogP contribution in [0.15, 0.2) is 0 Å². The first kappa shape index (κ1) is 13.9. The van der Waals surface area contributed by atoms with E-state index in [1.54, 1.807) is 6.92 Å². The molecule has 0 spiro atoms. The first-order valence-corrected chi connectivity index (χ1v) is 5.11. The second kappa shape index (κ2) is 5.70. The average molecular weight is 216 g/mol. The van der Waals surface area contributed by atoms with Crippen LogP contribution in [0.25, 0.3) is 0 Å². The summed E-state index contributed by atoms with van der Waals surface area (Å²) in [6.45, 7) is 7.33. The van der Waals surface area contributed by atoms with Gasteiger partial charge in [0.2, 0.25) is 5.91 Å². The molecule has 0 rings (SSSR count). The van der Waals surface area contributed by atoms with E-state index in [-0.39, 0.29) is 12.5 Å². The highest BCUT2D eigenvalue weighted by Gasteiger charge is 2.29. The molecule has 0 aliphatic heterocycles. The van der Waals surface area contributed by atoms with Gasteiger partial charge in [0.25, 0.3) is 5.91 Å². The summed E-state index contributed by atoms with van der Waals surface area (Å²) in [6.07, 6.45) is 0. The van der Waals surface area contributed by atoms with Gasteiger partial charge in [-0.25, -0.2) is 0 Å². The summed E-state index contributed by atoms with van der Waals surface area (Å²) in [5.74, 6) is -0.645. The van der Waals surface area contributed by atoms with Crippen LogP contribution in [0.4, 0.5) is 0 Å². The standard InChI is InChI=1S/C10H20N2O3/c1-5-11-8(13)7-12(6-2)9(14)10(3,4)15/h15H,5-7H2,1-4H3,(H,11,13). The van der Waals surface area contributed by atoms with Crippen LogP contribution in [0.1, 0.15) is 27.7 Å². The van der Waals surface area contributed by atoms with Crippen molar-refractivity contribution in [3.05, 3.63) is 0 Å². The minimum absolute atomic E-state index is 0.00678. The molecule has 0 bridgehead atoms. The summed E-state index contributed by atoms with van der Waals surface area (Å²) in [5, 5.41) is 12.1. The zero-order valence-electron chi connectivity index (χ0n) is 9.83. The number of aliphatic hydroxyl groups is 1. The highest BCUT2D eigenvalue weighted by Crippen LogP contribution is 2.06. The second-order valence-electron chi connectivity index (χ2n) is 3.83. The van der Waals surface area contributed by atoms with Crippen molar-refractivity contribution >= 4 is 11.8 Å². The quantitative estimate of drug-likeness (QED) is 0.665. The molecule has 0 atom stereocenters. The molecular weight excluding hydrogens is 196 g/mol. The van der Waals surface area contributed by atoms with Crippen LogP contribution < -0.4 is 5.32 Å². The van der Waals surface area contributed by atoms with Gasteiger partial charge in [0.05, 0.1) is 6.54 Å². The third kappa shape index (κ3) is 4.78. The number of nitrogens with zero attached hydrogens (tertiary/aromatic N) is 1. The highest BCUT2D eigenvalue weighted by molar-refractivity contribution is 5.88. The maximum absolute atomic E-state index is 11.6. The van der Waals surface area contributed by atoms with E-state index in [0.29, 0.717) is 13.1 Å². The smallest absolute Gasteiger partial charge is 0.254 e. The Morgan fingerprint density at radius 3 is 2.20 bits per heavy atom. The van der Waals surface area contributed by atoms with E-state index in [1.807, 2.05) is 6.92 Å². The molecule has 5 heteroatoms. The summed E-state index contributed by atoms with van der Waals surface area (Å²) in [7, 11) is 0. The molecule has 88 valence electrons. The molecule has 0 heterocycles. The Balaban J connectivity index is 4.38. The lowest BCUT2D eigenvalue weighted by atomic mass is 10.1. The molecule has 0 aliphatic carbocycles. The number of rotatable bonds is 5. The van der Waals surface area contributed by atoms with Gasteiger partial charge in [-0.1, -0.05) is 0 Å². The third-order valence-corrected chi connectivity index (χ3v) is 1.90. The van der Waals surface area contributed by atoms with Crippen LogP contribution in [0.2, 0.25) is 0 Å². The summed E-state index contributed by atoms with van der Waals surface area (Å²) >= 11 is 0. The Bertz CT molecular complexity index is 233. The SMILES string of the molecule is CCNC(=O)CN(CC)C(=O)C(C)(C)O. The molecule has 0 aromatic heterocycles. The molecule has 0 radical (unpaired) electrons. The summed E-state index contributed by atoms with van der Waals surface area (Å²) in [5.41, 5.74) is -1.43. The van der Waals surface area contributed by atoms with Crippen molar-refractivity contribution in [1.82, 2.24) is 10.2 Å². The van der Waals surface area contributed by atoms with Crippen molar-refractivity contribution in [3.63, 3.8) is 0 Å². The first-order valence-electron chi connectivity index (χ1n) is 5.11. The normalized spacial score (nSPS) is 11.0. The van der Waals surface area contributed by atoms with E-state index in [0.717, 1.165) is 0 Å². The molecule has 15 heavy (non-hydrogen) atoms. The van der Waals surface area contributed by atoms with Crippen molar-refractivity contribution in [2.75, 3.05) is 19.6 Å². The van der Waals surface area contributed by atoms with Gasteiger partial charge in [0, 0.05) is 13.1 Å². The zero-order chi connectivity index (χ0) is 12.1. The van der Waals surface area contributed by atoms with Crippen molar-refractivity contribution in [1.29, 1.82) is 0 Å². The van der Waals surface area contributed by atoms with E-state index < -0.39 is 11.5 Å². The molecule has 0 aromatic carbocycles. The van der Waals surface area contributed by atoms with Gasteiger partial charge in [-0.05, 0) is 27.7 Å². The lowest BCUT2D eigenvalue weighted by Crippen LogP contribution is -2.48. The van der Waals surface area contributed by atoms with Gasteiger partial charge in [-0.15, -0.1) is 0 Å². The topological polar surface area (TPSA) is 69.6 Å². The van der Waals surface area contributed by atoms with E-state index >= 15 is 0 Å². The Hall–Kier alpha value is -1.10. The first-order chi connectivity index (χ1) is 6.82. The molecule has 5 nitrogen and oxygen atoms in total. The van der Waals surface area contributed by atoms with E-state index in [9.17, 15) is 14.7 Å². The van der Waals surface area contributed by atoms with Gasteiger partial charge in [-0.2, -0.15) is 0 Å². The Labute approximate surface area is 90.5 Å². The molecule has 0 unspecified atom stereocenters. The van der Waals surface area contributed by atoms with Crippen LogP contribution in [0.3, 0.4) is 0 Å². The van der Waals surface area contributed by atoms with Crippen LogP contribution in [0.5, 0.6) is 0 Å². The summed E-state index contributed by atoms with van der Waals surface area (Å²) in [6, 6.07) is 0. The fraction of sp³-hybridized carbons (Fsp3) is 0.800. The monoisotopic (exact) mass is 216 g/mol. The fourth-order valence-electron chi connectivity index (χ4n) is 1.14. The predicted octanol–water partition coefficient (Wildman–Crippen LogP) is -0.258. The maximum atomic E-state index is 11.6. The van der Waals surface area contributed by atoms with Crippen molar-refractivity contribution in [2.45, 2.75) is 33.3 Å². The number of carbonyl (C=O) groups excluding carboxylic acids is 2. The average Bonchev–Trinajstić information content (AvgIpc) is 2.12.